The van der Waals surface area contributed by atoms with E-state index < -0.39 is 24.3 Å². The molecule has 3 aromatic rings. The number of pyridine rings is 1. The van der Waals surface area contributed by atoms with Crippen molar-refractivity contribution < 1.29 is 27.9 Å². The summed E-state index contributed by atoms with van der Waals surface area (Å²) in [5.74, 6) is 3.24. The number of halogens is 3. The highest BCUT2D eigenvalue weighted by atomic mass is 35.5. The first-order valence-electron chi connectivity index (χ1n) is 9.44. The maximum Gasteiger partial charge on any atom is 0.388 e. The molecule has 0 unspecified atom stereocenters. The van der Waals surface area contributed by atoms with E-state index in [1.165, 1.54) is 31.7 Å². The van der Waals surface area contributed by atoms with Crippen molar-refractivity contribution in [3.05, 3.63) is 63.9 Å². The highest BCUT2D eigenvalue weighted by molar-refractivity contribution is 6.32. The second kappa shape index (κ2) is 10.7. The number of carbonyl (C=O) groups is 2. The summed E-state index contributed by atoms with van der Waals surface area (Å²) in [6, 6.07) is 7.07. The minimum Gasteiger partial charge on any atom is -0.415 e. The summed E-state index contributed by atoms with van der Waals surface area (Å²) in [6.45, 7) is -1.55. The van der Waals surface area contributed by atoms with Gasteiger partial charge in [-0.1, -0.05) is 16.8 Å². The van der Waals surface area contributed by atoms with Crippen LogP contribution in [0.5, 0.6) is 5.88 Å². The van der Waals surface area contributed by atoms with Gasteiger partial charge in [-0.3, -0.25) is 15.0 Å². The average Bonchev–Trinajstić information content (AvgIpc) is 3.21. The SMILES string of the molecule is CON=Cc1cc(C)c(NC(=O)c2cc(OC(F)F)nn2-c2ncccc2Cl)c(C(=O)NN)c1. The van der Waals surface area contributed by atoms with Crippen LogP contribution in [0.1, 0.15) is 32.0 Å². The number of nitrogens with zero attached hydrogens (tertiary/aromatic N) is 4. The van der Waals surface area contributed by atoms with E-state index in [1.807, 2.05) is 5.43 Å². The van der Waals surface area contributed by atoms with Crippen LogP contribution in [0.25, 0.3) is 5.82 Å². The second-order valence-electron chi connectivity index (χ2n) is 6.57. The Bertz CT molecular complexity index is 1250. The summed E-state index contributed by atoms with van der Waals surface area (Å²) >= 11 is 6.15. The summed E-state index contributed by atoms with van der Waals surface area (Å²) in [4.78, 5) is 34.3. The lowest BCUT2D eigenvalue weighted by Crippen LogP contribution is -2.31. The predicted molar refractivity (Wildman–Crippen MR) is 118 cm³/mol. The Labute approximate surface area is 196 Å². The maximum absolute atomic E-state index is 13.2. The third kappa shape index (κ3) is 5.44. The molecule has 1 aromatic carbocycles. The van der Waals surface area contributed by atoms with Gasteiger partial charge in [0.15, 0.2) is 5.82 Å². The largest absolute Gasteiger partial charge is 0.415 e. The van der Waals surface area contributed by atoms with Gasteiger partial charge in [-0.05, 0) is 42.3 Å². The molecule has 0 aliphatic carbocycles. The summed E-state index contributed by atoms with van der Waals surface area (Å²) in [5.41, 5.74) is 2.85. The molecule has 34 heavy (non-hydrogen) atoms. The minimum absolute atomic E-state index is 0.00112. The Balaban J connectivity index is 2.07. The number of alkyl halides is 2. The smallest absolute Gasteiger partial charge is 0.388 e. The van der Waals surface area contributed by atoms with Gasteiger partial charge in [-0.2, -0.15) is 8.78 Å². The van der Waals surface area contributed by atoms with E-state index in [9.17, 15) is 18.4 Å². The molecule has 0 bridgehead atoms. The number of hydrogen-bond acceptors (Lipinski definition) is 8. The fraction of sp³-hybridized carbons (Fsp3) is 0.150. The molecule has 11 nitrogen and oxygen atoms in total. The van der Waals surface area contributed by atoms with Crippen molar-refractivity contribution in [2.75, 3.05) is 12.4 Å². The second-order valence-corrected chi connectivity index (χ2v) is 6.98. The number of anilines is 1. The van der Waals surface area contributed by atoms with Crippen LogP contribution in [0.2, 0.25) is 5.02 Å². The van der Waals surface area contributed by atoms with E-state index in [2.05, 4.69) is 30.1 Å². The van der Waals surface area contributed by atoms with Gasteiger partial charge < -0.3 is 14.9 Å². The zero-order chi connectivity index (χ0) is 24.8. The first-order valence-corrected chi connectivity index (χ1v) is 9.82. The Morgan fingerprint density at radius 2 is 2.06 bits per heavy atom. The molecule has 0 spiro atoms. The number of nitrogens with one attached hydrogen (secondary N) is 2. The molecule has 178 valence electrons. The predicted octanol–water partition coefficient (Wildman–Crippen LogP) is 2.67. The Morgan fingerprint density at radius 1 is 1.29 bits per heavy atom. The number of carbonyl (C=O) groups excluding carboxylic acids is 2. The normalized spacial score (nSPS) is 11.0. The van der Waals surface area contributed by atoms with Crippen LogP contribution < -0.4 is 21.3 Å². The van der Waals surface area contributed by atoms with Crippen molar-refractivity contribution in [2.24, 2.45) is 11.0 Å². The van der Waals surface area contributed by atoms with Gasteiger partial charge in [-0.15, -0.1) is 5.10 Å². The van der Waals surface area contributed by atoms with Crippen molar-refractivity contribution in [1.82, 2.24) is 20.2 Å². The number of oxime groups is 1. The van der Waals surface area contributed by atoms with E-state index in [0.717, 1.165) is 10.7 Å². The molecular formula is C20H18ClF2N7O4. The molecular weight excluding hydrogens is 476 g/mol. The third-order valence-electron chi connectivity index (χ3n) is 4.35. The van der Waals surface area contributed by atoms with Gasteiger partial charge in [0.2, 0.25) is 5.88 Å². The van der Waals surface area contributed by atoms with Crippen molar-refractivity contribution in [2.45, 2.75) is 13.5 Å². The lowest BCUT2D eigenvalue weighted by atomic mass is 10.0. The highest BCUT2D eigenvalue weighted by Gasteiger charge is 2.24. The number of hydrazine groups is 1. The molecule has 0 fully saturated rings. The molecule has 2 amide bonds. The Morgan fingerprint density at radius 3 is 2.71 bits per heavy atom. The first-order chi connectivity index (χ1) is 16.2. The van der Waals surface area contributed by atoms with Gasteiger partial charge in [0, 0.05) is 12.3 Å². The quantitative estimate of drug-likeness (QED) is 0.189. The number of ether oxygens (including phenoxy) is 1. The molecule has 0 aliphatic heterocycles. The number of nitrogen functional groups attached to an aromatic ring is 1. The van der Waals surface area contributed by atoms with Crippen LogP contribution in [-0.4, -0.2) is 46.5 Å². The lowest BCUT2D eigenvalue weighted by Gasteiger charge is -2.15. The molecule has 0 aliphatic rings. The van der Waals surface area contributed by atoms with Gasteiger partial charge in [0.25, 0.3) is 11.8 Å². The summed E-state index contributed by atoms with van der Waals surface area (Å²) < 4.78 is 30.8. The van der Waals surface area contributed by atoms with Crippen LogP contribution in [0.15, 0.2) is 41.7 Å². The molecule has 0 radical (unpaired) electrons. The monoisotopic (exact) mass is 493 g/mol. The van der Waals surface area contributed by atoms with E-state index in [-0.39, 0.29) is 27.8 Å². The number of aromatic nitrogens is 3. The maximum atomic E-state index is 13.2. The topological polar surface area (TPSA) is 146 Å². The van der Waals surface area contributed by atoms with Gasteiger partial charge >= 0.3 is 6.61 Å². The third-order valence-corrected chi connectivity index (χ3v) is 4.64. The number of amides is 2. The Hall–Kier alpha value is -4.10. The van der Waals surface area contributed by atoms with E-state index in [1.54, 1.807) is 19.1 Å². The number of benzene rings is 1. The molecule has 0 saturated carbocycles. The first kappa shape index (κ1) is 24.5. The standard InChI is InChI=1S/C20H18ClF2N7O4/c1-10-6-11(9-26-33-2)7-12(18(31)28-24)16(10)27-19(32)14-8-15(34-20(22)23)29-30(14)17-13(21)4-3-5-25-17/h3-9,20H,24H2,1-2H3,(H,27,32)(H,28,31). The van der Waals surface area contributed by atoms with Crippen LogP contribution in [0.4, 0.5) is 14.5 Å². The number of aryl methyl sites for hydroxylation is 1. The van der Waals surface area contributed by atoms with Crippen molar-refractivity contribution >= 4 is 35.3 Å². The highest BCUT2D eigenvalue weighted by Crippen LogP contribution is 2.26. The Kier molecular flexibility index (Phi) is 7.71. The fourth-order valence-corrected chi connectivity index (χ4v) is 3.17. The van der Waals surface area contributed by atoms with Gasteiger partial charge in [0.05, 0.1) is 22.5 Å². The lowest BCUT2D eigenvalue weighted by molar-refractivity contribution is -0.0530. The average molecular weight is 494 g/mol. The molecule has 0 atom stereocenters. The molecule has 3 rings (SSSR count). The molecule has 2 heterocycles. The zero-order valence-electron chi connectivity index (χ0n) is 17.8. The van der Waals surface area contributed by atoms with E-state index in [4.69, 9.17) is 17.4 Å². The van der Waals surface area contributed by atoms with Crippen LogP contribution >= 0.6 is 11.6 Å². The van der Waals surface area contributed by atoms with Gasteiger partial charge in [-0.25, -0.2) is 15.5 Å². The molecule has 4 N–H and O–H groups in total. The van der Waals surface area contributed by atoms with Crippen LogP contribution in [-0.2, 0) is 4.84 Å². The summed E-state index contributed by atoms with van der Waals surface area (Å²) in [5, 5.41) is 10.2. The van der Waals surface area contributed by atoms with Crippen molar-refractivity contribution in [3.63, 3.8) is 0 Å². The minimum atomic E-state index is -3.18. The van der Waals surface area contributed by atoms with Crippen molar-refractivity contribution in [3.8, 4) is 11.7 Å². The number of hydrogen-bond donors (Lipinski definition) is 3. The van der Waals surface area contributed by atoms with Crippen LogP contribution in [0.3, 0.4) is 0 Å². The van der Waals surface area contributed by atoms with Crippen LogP contribution in [0, 0.1) is 6.92 Å². The zero-order valence-corrected chi connectivity index (χ0v) is 18.5. The summed E-state index contributed by atoms with van der Waals surface area (Å²) in [6.07, 6.45) is 2.74. The fourth-order valence-electron chi connectivity index (χ4n) is 2.97. The van der Waals surface area contributed by atoms with Crippen molar-refractivity contribution in [1.29, 1.82) is 0 Å². The van der Waals surface area contributed by atoms with E-state index in [0.29, 0.717) is 11.1 Å². The molecule has 2 aromatic heterocycles. The molecule has 0 saturated heterocycles. The number of rotatable bonds is 8. The van der Waals surface area contributed by atoms with Gasteiger partial charge in [0.1, 0.15) is 12.8 Å². The number of nitrogens with two attached hydrogens (primary N) is 1. The molecule has 14 heteroatoms. The summed E-state index contributed by atoms with van der Waals surface area (Å²) in [7, 11) is 1.36. The van der Waals surface area contributed by atoms with E-state index >= 15 is 0 Å².